The predicted molar refractivity (Wildman–Crippen MR) is 147 cm³/mol. The Bertz CT molecular complexity index is 996. The van der Waals surface area contributed by atoms with Gasteiger partial charge in [0.15, 0.2) is 23.0 Å². The van der Waals surface area contributed by atoms with Gasteiger partial charge < -0.3 is 42.6 Å². The number of rotatable bonds is 5. The van der Waals surface area contributed by atoms with Crippen molar-refractivity contribution in [1.29, 1.82) is 0 Å². The van der Waals surface area contributed by atoms with Crippen LogP contribution in [0, 0.1) is 0 Å². The SMILES string of the molecule is C=CCCC(=O)OCc1ccc2c(c1)OCCOCCOCCOc1ccccc1OCCOCCOCCO2. The van der Waals surface area contributed by atoms with Gasteiger partial charge in [-0.3, -0.25) is 4.79 Å². The average molecular weight is 561 g/mol. The van der Waals surface area contributed by atoms with Crippen LogP contribution in [0.3, 0.4) is 0 Å². The van der Waals surface area contributed by atoms with Gasteiger partial charge in [-0.2, -0.15) is 0 Å². The maximum Gasteiger partial charge on any atom is 0.306 e. The van der Waals surface area contributed by atoms with Crippen LogP contribution in [-0.2, 0) is 35.1 Å². The van der Waals surface area contributed by atoms with Crippen molar-refractivity contribution in [3.63, 3.8) is 0 Å². The summed E-state index contributed by atoms with van der Waals surface area (Å²) < 4.78 is 51.2. The van der Waals surface area contributed by atoms with E-state index in [9.17, 15) is 4.79 Å². The number of hydrogen-bond acceptors (Lipinski definition) is 10. The summed E-state index contributed by atoms with van der Waals surface area (Å²) in [6.45, 7) is 8.51. The third kappa shape index (κ3) is 12.7. The molecule has 10 heteroatoms. The quantitative estimate of drug-likeness (QED) is 0.394. The van der Waals surface area contributed by atoms with Gasteiger partial charge in [0.25, 0.3) is 0 Å². The summed E-state index contributed by atoms with van der Waals surface area (Å²) in [6, 6.07) is 12.9. The first-order valence-corrected chi connectivity index (χ1v) is 13.6. The van der Waals surface area contributed by atoms with E-state index >= 15 is 0 Å². The molecule has 40 heavy (non-hydrogen) atoms. The van der Waals surface area contributed by atoms with E-state index in [1.165, 1.54) is 0 Å². The Hall–Kier alpha value is -3.31. The molecule has 0 aliphatic carbocycles. The van der Waals surface area contributed by atoms with Crippen molar-refractivity contribution in [1.82, 2.24) is 0 Å². The summed E-state index contributed by atoms with van der Waals surface area (Å²) in [5.74, 6) is 2.15. The smallest absolute Gasteiger partial charge is 0.306 e. The van der Waals surface area contributed by atoms with Gasteiger partial charge in [0.1, 0.15) is 33.0 Å². The maximum absolute atomic E-state index is 11.8. The Morgan fingerprint density at radius 3 is 1.60 bits per heavy atom. The molecule has 1 aliphatic rings. The van der Waals surface area contributed by atoms with Gasteiger partial charge in [0.05, 0.1) is 52.9 Å². The van der Waals surface area contributed by atoms with Crippen molar-refractivity contribution in [2.75, 3.05) is 79.3 Å². The molecule has 0 bridgehead atoms. The lowest BCUT2D eigenvalue weighted by molar-refractivity contribution is -0.144. The minimum Gasteiger partial charge on any atom is -0.487 e. The molecule has 1 aliphatic heterocycles. The van der Waals surface area contributed by atoms with Crippen molar-refractivity contribution >= 4 is 5.97 Å². The molecule has 220 valence electrons. The van der Waals surface area contributed by atoms with Crippen LogP contribution in [0.2, 0.25) is 0 Å². The topological polar surface area (TPSA) is 100 Å². The zero-order valence-electron chi connectivity index (χ0n) is 23.0. The maximum atomic E-state index is 11.8. The Kier molecular flexibility index (Phi) is 15.4. The summed E-state index contributed by atoms with van der Waals surface area (Å²) in [7, 11) is 0. The van der Waals surface area contributed by atoms with Crippen molar-refractivity contribution in [3.8, 4) is 23.0 Å². The highest BCUT2D eigenvalue weighted by Gasteiger charge is 2.10. The van der Waals surface area contributed by atoms with E-state index in [-0.39, 0.29) is 12.6 Å². The minimum atomic E-state index is -0.277. The molecule has 2 aromatic carbocycles. The molecule has 0 saturated heterocycles. The highest BCUT2D eigenvalue weighted by atomic mass is 16.6. The third-order valence-electron chi connectivity index (χ3n) is 5.49. The normalized spacial score (nSPS) is 16.7. The van der Waals surface area contributed by atoms with Crippen LogP contribution in [0.25, 0.3) is 0 Å². The molecule has 10 nitrogen and oxygen atoms in total. The van der Waals surface area contributed by atoms with Crippen molar-refractivity contribution in [2.45, 2.75) is 19.4 Å². The third-order valence-corrected chi connectivity index (χ3v) is 5.49. The van der Waals surface area contributed by atoms with E-state index in [1.807, 2.05) is 30.3 Å². The summed E-state index contributed by atoms with van der Waals surface area (Å²) in [6.07, 6.45) is 2.57. The second-order valence-electron chi connectivity index (χ2n) is 8.56. The molecular weight excluding hydrogens is 520 g/mol. The van der Waals surface area contributed by atoms with Gasteiger partial charge in [0.2, 0.25) is 0 Å². The van der Waals surface area contributed by atoms with Crippen molar-refractivity contribution in [2.24, 2.45) is 0 Å². The highest BCUT2D eigenvalue weighted by Crippen LogP contribution is 2.29. The lowest BCUT2D eigenvalue weighted by Gasteiger charge is -2.15. The Labute approximate surface area is 236 Å². The van der Waals surface area contributed by atoms with Crippen LogP contribution in [-0.4, -0.2) is 85.3 Å². The zero-order chi connectivity index (χ0) is 28.1. The lowest BCUT2D eigenvalue weighted by Crippen LogP contribution is -2.15. The predicted octanol–water partition coefficient (Wildman–Crippen LogP) is 3.99. The molecule has 0 unspecified atom stereocenters. The van der Waals surface area contributed by atoms with Gasteiger partial charge in [0, 0.05) is 6.42 Å². The van der Waals surface area contributed by atoms with Crippen LogP contribution in [0.15, 0.2) is 55.1 Å². The molecule has 2 aromatic rings. The fourth-order valence-electron chi connectivity index (χ4n) is 3.51. The standard InChI is InChI=1S/C30H40O10/c1-2-3-8-30(31)40-24-25-9-10-28-29(23-25)39-22-18-35-14-13-33-16-20-37-27-7-5-4-6-26(27)36-19-15-32-11-12-34-17-21-38-28/h2,4-7,9-10,23H,1,3,8,11-22,24H2. The second kappa shape index (κ2) is 19.7. The lowest BCUT2D eigenvalue weighted by atomic mass is 10.2. The highest BCUT2D eigenvalue weighted by molar-refractivity contribution is 5.69. The number of hydrogen-bond donors (Lipinski definition) is 0. The average Bonchev–Trinajstić information content (AvgIpc) is 2.97. The first-order valence-electron chi connectivity index (χ1n) is 13.6. The molecule has 0 amide bonds. The zero-order valence-corrected chi connectivity index (χ0v) is 23.0. The number of carbonyl (C=O) groups excluding carboxylic acids is 1. The van der Waals surface area contributed by atoms with Crippen LogP contribution in [0.4, 0.5) is 0 Å². The number of allylic oxidation sites excluding steroid dienone is 1. The second-order valence-corrected chi connectivity index (χ2v) is 8.56. The molecule has 0 radical (unpaired) electrons. The fraction of sp³-hybridized carbons (Fsp3) is 0.500. The van der Waals surface area contributed by atoms with Gasteiger partial charge in [-0.25, -0.2) is 0 Å². The molecule has 0 aromatic heterocycles. The molecule has 0 N–H and O–H groups in total. The number of benzene rings is 2. The summed E-state index contributed by atoms with van der Waals surface area (Å²) >= 11 is 0. The van der Waals surface area contributed by atoms with E-state index in [2.05, 4.69) is 6.58 Å². The molecule has 0 spiro atoms. The van der Waals surface area contributed by atoms with Crippen LogP contribution in [0.1, 0.15) is 18.4 Å². The first-order chi connectivity index (χ1) is 19.8. The number of esters is 1. The first kappa shape index (κ1) is 31.2. The van der Waals surface area contributed by atoms with Crippen LogP contribution >= 0.6 is 0 Å². The van der Waals surface area contributed by atoms with Gasteiger partial charge in [-0.15, -0.1) is 6.58 Å². The Morgan fingerprint density at radius 2 is 1.10 bits per heavy atom. The number of ether oxygens (including phenoxy) is 9. The summed E-state index contributed by atoms with van der Waals surface area (Å²) in [4.78, 5) is 11.8. The minimum absolute atomic E-state index is 0.143. The molecule has 0 saturated carbocycles. The van der Waals surface area contributed by atoms with Gasteiger partial charge in [-0.1, -0.05) is 24.3 Å². The van der Waals surface area contributed by atoms with Crippen molar-refractivity contribution in [3.05, 3.63) is 60.7 Å². The molecular formula is C30H40O10. The molecule has 3 rings (SSSR count). The van der Waals surface area contributed by atoms with E-state index in [4.69, 9.17) is 42.6 Å². The number of para-hydroxylation sites is 2. The van der Waals surface area contributed by atoms with Crippen LogP contribution < -0.4 is 18.9 Å². The fourth-order valence-corrected chi connectivity index (χ4v) is 3.51. The summed E-state index contributed by atoms with van der Waals surface area (Å²) in [5.41, 5.74) is 0.791. The summed E-state index contributed by atoms with van der Waals surface area (Å²) in [5, 5.41) is 0. The van der Waals surface area contributed by atoms with E-state index in [0.29, 0.717) is 115 Å². The van der Waals surface area contributed by atoms with Crippen molar-refractivity contribution < 1.29 is 47.4 Å². The van der Waals surface area contributed by atoms with E-state index in [1.54, 1.807) is 18.2 Å². The van der Waals surface area contributed by atoms with E-state index in [0.717, 1.165) is 5.56 Å². The van der Waals surface area contributed by atoms with E-state index < -0.39 is 0 Å². The van der Waals surface area contributed by atoms with Gasteiger partial charge in [-0.05, 0) is 36.2 Å². The largest absolute Gasteiger partial charge is 0.487 e. The molecule has 0 atom stereocenters. The Morgan fingerprint density at radius 1 is 0.650 bits per heavy atom. The molecule has 1 heterocycles. The van der Waals surface area contributed by atoms with Gasteiger partial charge >= 0.3 is 5.97 Å². The van der Waals surface area contributed by atoms with Crippen LogP contribution in [0.5, 0.6) is 23.0 Å². The monoisotopic (exact) mass is 560 g/mol. The Balaban J connectivity index is 1.50. The molecule has 0 fully saturated rings. The number of fused-ring (bicyclic) bond motifs is 2. The number of carbonyl (C=O) groups is 1.